The molecule has 4 rings (SSSR count). The normalized spacial score (nSPS) is 25.8. The maximum absolute atomic E-state index is 13.3. The zero-order chi connectivity index (χ0) is 23.1. The van der Waals surface area contributed by atoms with Crippen LogP contribution in [0.1, 0.15) is 19.0 Å². The van der Waals surface area contributed by atoms with Gasteiger partial charge in [0.15, 0.2) is 6.10 Å². The second kappa shape index (κ2) is 8.43. The molecule has 2 aliphatic rings. The highest BCUT2D eigenvalue weighted by atomic mass is 19.4. The summed E-state index contributed by atoms with van der Waals surface area (Å²) >= 11 is 0. The van der Waals surface area contributed by atoms with Crippen molar-refractivity contribution in [1.82, 2.24) is 15.6 Å². The van der Waals surface area contributed by atoms with Crippen LogP contribution in [0.5, 0.6) is 0 Å². The molecule has 2 aromatic rings. The Balaban J connectivity index is 1.48. The molecule has 0 spiro atoms. The summed E-state index contributed by atoms with van der Waals surface area (Å²) in [5.74, 6) is -3.20. The average Bonchev–Trinajstić information content (AvgIpc) is 3.08. The number of ether oxygens (including phenoxy) is 1. The lowest BCUT2D eigenvalue weighted by Gasteiger charge is -2.38. The predicted octanol–water partition coefficient (Wildman–Crippen LogP) is 2.96. The Hall–Kier alpha value is -2.53. The fraction of sp³-hybridized carbons (Fsp3) is 0.524. The van der Waals surface area contributed by atoms with Crippen molar-refractivity contribution in [3.63, 3.8) is 0 Å². The molecule has 1 amide bonds. The number of benzene rings is 1. The van der Waals surface area contributed by atoms with Crippen LogP contribution in [0.3, 0.4) is 0 Å². The Morgan fingerprint density at radius 1 is 1.28 bits per heavy atom. The van der Waals surface area contributed by atoms with Crippen LogP contribution in [0.15, 0.2) is 30.3 Å². The summed E-state index contributed by atoms with van der Waals surface area (Å²) in [5.41, 5.74) is -0.125. The summed E-state index contributed by atoms with van der Waals surface area (Å²) in [6.07, 6.45) is -6.06. The van der Waals surface area contributed by atoms with E-state index < -0.39 is 42.4 Å². The van der Waals surface area contributed by atoms with E-state index >= 15 is 0 Å². The molecule has 3 atom stereocenters. The first-order valence-electron chi connectivity index (χ1n) is 10.3. The third-order valence-corrected chi connectivity index (χ3v) is 5.61. The molecule has 2 fully saturated rings. The quantitative estimate of drug-likeness (QED) is 0.690. The lowest BCUT2D eigenvalue weighted by Crippen LogP contribution is -2.54. The molecule has 2 N–H and O–H groups in total. The lowest BCUT2D eigenvalue weighted by molar-refractivity contribution is -0.141. The van der Waals surface area contributed by atoms with Crippen LogP contribution in [0.2, 0.25) is 0 Å². The van der Waals surface area contributed by atoms with Gasteiger partial charge in [0, 0.05) is 36.6 Å². The Bertz CT molecular complexity index is 1000. The zero-order valence-electron chi connectivity index (χ0n) is 17.3. The monoisotopic (exact) mass is 458 g/mol. The minimum absolute atomic E-state index is 0.0566. The summed E-state index contributed by atoms with van der Waals surface area (Å²) in [7, 11) is 0. The number of fused-ring (bicyclic) bond motifs is 1. The van der Waals surface area contributed by atoms with Crippen molar-refractivity contribution < 1.29 is 31.5 Å². The molecule has 2 saturated heterocycles. The fourth-order valence-corrected chi connectivity index (χ4v) is 4.15. The van der Waals surface area contributed by atoms with Crippen molar-refractivity contribution >= 4 is 22.5 Å². The standard InChI is InChI=1S/C21H23F5N4O2/c1-12-9-30(10-17(32-12)19(31)27-8-13-7-20(22,23)11-28-13)16-4-2-3-15-14(16)5-6-18(29-15)21(24,25)26/h2-6,12-13,17,28H,7-11H2,1H3,(H,27,31)/t12-,13+,17-/m1/s1. The predicted molar refractivity (Wildman–Crippen MR) is 108 cm³/mol. The Labute approximate surface area is 181 Å². The maximum Gasteiger partial charge on any atom is 0.433 e. The molecule has 174 valence electrons. The van der Waals surface area contributed by atoms with Crippen molar-refractivity contribution in [1.29, 1.82) is 0 Å². The molecule has 1 aromatic heterocycles. The number of nitrogens with zero attached hydrogens (tertiary/aromatic N) is 2. The van der Waals surface area contributed by atoms with Gasteiger partial charge in [0.2, 0.25) is 0 Å². The average molecular weight is 458 g/mol. The highest BCUT2D eigenvalue weighted by Crippen LogP contribution is 2.33. The third kappa shape index (κ3) is 4.93. The molecule has 0 bridgehead atoms. The SMILES string of the molecule is C[C@@H]1CN(c2cccc3nc(C(F)(F)F)ccc23)C[C@H](C(=O)NC[C@@H]2CC(F)(F)CN2)O1. The third-order valence-electron chi connectivity index (χ3n) is 5.61. The molecule has 1 aromatic carbocycles. The highest BCUT2D eigenvalue weighted by molar-refractivity contribution is 5.92. The minimum atomic E-state index is -4.54. The molecule has 0 radical (unpaired) electrons. The fourth-order valence-electron chi connectivity index (χ4n) is 4.15. The molecule has 2 aliphatic heterocycles. The minimum Gasteiger partial charge on any atom is -0.365 e. The molecule has 0 unspecified atom stereocenters. The van der Waals surface area contributed by atoms with E-state index in [0.29, 0.717) is 17.6 Å². The number of morpholine rings is 1. The van der Waals surface area contributed by atoms with Gasteiger partial charge in [-0.1, -0.05) is 6.07 Å². The van der Waals surface area contributed by atoms with E-state index in [0.717, 1.165) is 6.07 Å². The van der Waals surface area contributed by atoms with Gasteiger partial charge in [-0.2, -0.15) is 13.2 Å². The number of aromatic nitrogens is 1. The Kier molecular flexibility index (Phi) is 5.97. The number of carbonyl (C=O) groups is 1. The molecule has 11 heteroatoms. The molecule has 6 nitrogen and oxygen atoms in total. The number of carbonyl (C=O) groups excluding carboxylic acids is 1. The number of hydrogen-bond acceptors (Lipinski definition) is 5. The van der Waals surface area contributed by atoms with Crippen molar-refractivity contribution in [2.45, 2.75) is 43.7 Å². The number of halogens is 5. The largest absolute Gasteiger partial charge is 0.433 e. The topological polar surface area (TPSA) is 66.5 Å². The number of anilines is 1. The van der Waals surface area contributed by atoms with E-state index in [2.05, 4.69) is 15.6 Å². The van der Waals surface area contributed by atoms with Crippen molar-refractivity contribution in [3.8, 4) is 0 Å². The molecule has 0 aliphatic carbocycles. The Morgan fingerprint density at radius 2 is 2.06 bits per heavy atom. The second-order valence-corrected chi connectivity index (χ2v) is 8.26. The van der Waals surface area contributed by atoms with Crippen LogP contribution in [0, 0.1) is 0 Å². The summed E-state index contributed by atoms with van der Waals surface area (Å²) in [5, 5.41) is 5.88. The van der Waals surface area contributed by atoms with E-state index in [1.54, 1.807) is 19.1 Å². The number of rotatable bonds is 4. The van der Waals surface area contributed by atoms with Gasteiger partial charge < -0.3 is 20.3 Å². The van der Waals surface area contributed by atoms with Gasteiger partial charge in [-0.3, -0.25) is 4.79 Å². The number of amides is 1. The van der Waals surface area contributed by atoms with E-state index in [9.17, 15) is 26.7 Å². The summed E-state index contributed by atoms with van der Waals surface area (Å²) in [6, 6.07) is 6.68. The van der Waals surface area contributed by atoms with E-state index in [-0.39, 0.29) is 31.1 Å². The van der Waals surface area contributed by atoms with Gasteiger partial charge >= 0.3 is 6.18 Å². The first-order chi connectivity index (χ1) is 15.0. The summed E-state index contributed by atoms with van der Waals surface area (Å²) in [4.78, 5) is 18.2. The van der Waals surface area contributed by atoms with Crippen molar-refractivity contribution in [2.24, 2.45) is 0 Å². The smallest absolute Gasteiger partial charge is 0.365 e. The van der Waals surface area contributed by atoms with E-state index in [1.807, 2.05) is 4.90 Å². The van der Waals surface area contributed by atoms with Crippen LogP contribution in [-0.2, 0) is 15.7 Å². The van der Waals surface area contributed by atoms with Crippen LogP contribution in [0.4, 0.5) is 27.6 Å². The van der Waals surface area contributed by atoms with Crippen molar-refractivity contribution in [2.75, 3.05) is 31.1 Å². The van der Waals surface area contributed by atoms with Crippen molar-refractivity contribution in [3.05, 3.63) is 36.0 Å². The van der Waals surface area contributed by atoms with Gasteiger partial charge in [0.1, 0.15) is 5.69 Å². The van der Waals surface area contributed by atoms with Crippen LogP contribution in [-0.4, -0.2) is 61.2 Å². The first kappa shape index (κ1) is 22.7. The van der Waals surface area contributed by atoms with E-state index in [1.165, 1.54) is 12.1 Å². The van der Waals surface area contributed by atoms with E-state index in [4.69, 9.17) is 4.74 Å². The molecule has 0 saturated carbocycles. The van der Waals surface area contributed by atoms with Gasteiger partial charge in [-0.25, -0.2) is 13.8 Å². The Morgan fingerprint density at radius 3 is 2.75 bits per heavy atom. The van der Waals surface area contributed by atoms with Crippen LogP contribution >= 0.6 is 0 Å². The van der Waals surface area contributed by atoms with Gasteiger partial charge in [-0.05, 0) is 31.2 Å². The number of hydrogen-bond donors (Lipinski definition) is 2. The molecular formula is C21H23F5N4O2. The lowest BCUT2D eigenvalue weighted by atomic mass is 10.1. The number of pyridine rings is 1. The van der Waals surface area contributed by atoms with Gasteiger partial charge in [0.05, 0.1) is 24.7 Å². The molecular weight excluding hydrogens is 435 g/mol. The summed E-state index contributed by atoms with van der Waals surface area (Å²) < 4.78 is 71.4. The van der Waals surface area contributed by atoms with Crippen LogP contribution < -0.4 is 15.5 Å². The summed E-state index contributed by atoms with van der Waals surface area (Å²) in [6.45, 7) is 2.03. The maximum atomic E-state index is 13.3. The molecule has 32 heavy (non-hydrogen) atoms. The number of alkyl halides is 5. The molecule has 3 heterocycles. The zero-order valence-corrected chi connectivity index (χ0v) is 17.3. The highest BCUT2D eigenvalue weighted by Gasteiger charge is 2.40. The van der Waals surface area contributed by atoms with Crippen LogP contribution in [0.25, 0.3) is 10.9 Å². The number of nitrogens with one attached hydrogen (secondary N) is 2. The first-order valence-corrected chi connectivity index (χ1v) is 10.3. The van der Waals surface area contributed by atoms with Gasteiger partial charge in [0.25, 0.3) is 11.8 Å². The van der Waals surface area contributed by atoms with Gasteiger partial charge in [-0.15, -0.1) is 0 Å². The second-order valence-electron chi connectivity index (χ2n) is 8.26.